The first-order chi connectivity index (χ1) is 11.5. The topological polar surface area (TPSA) is 26.3 Å². The van der Waals surface area contributed by atoms with Crippen LogP contribution >= 0.6 is 0 Å². The van der Waals surface area contributed by atoms with E-state index in [1.807, 2.05) is 0 Å². The molecule has 3 aliphatic carbocycles. The van der Waals surface area contributed by atoms with Crippen LogP contribution in [0.4, 0.5) is 0 Å². The van der Waals surface area contributed by atoms with Crippen LogP contribution in [-0.4, -0.2) is 12.4 Å². The quantitative estimate of drug-likeness (QED) is 0.768. The van der Waals surface area contributed by atoms with Gasteiger partial charge in [0, 0.05) is 11.8 Å². The summed E-state index contributed by atoms with van der Waals surface area (Å²) in [7, 11) is 0. The molecule has 0 unspecified atom stereocenters. The van der Waals surface area contributed by atoms with Crippen LogP contribution in [0.15, 0.2) is 18.2 Å². The van der Waals surface area contributed by atoms with Gasteiger partial charge in [-0.2, -0.15) is 0 Å². The molecule has 1 aromatic rings. The van der Waals surface area contributed by atoms with E-state index in [9.17, 15) is 4.79 Å². The number of Topliss-reactive ketones (excluding diaryl/α,β-unsaturated/α-hetero) is 1. The maximum absolute atomic E-state index is 12.4. The van der Waals surface area contributed by atoms with Crippen molar-refractivity contribution in [2.24, 2.45) is 23.2 Å². The maximum atomic E-state index is 12.4. The minimum atomic E-state index is -0.0149. The van der Waals surface area contributed by atoms with E-state index >= 15 is 0 Å². The summed E-state index contributed by atoms with van der Waals surface area (Å²) in [6.45, 7) is 7.41. The lowest BCUT2D eigenvalue weighted by Gasteiger charge is -2.48. The van der Waals surface area contributed by atoms with Gasteiger partial charge in [0.05, 0.1) is 6.61 Å². The monoisotopic (exact) mass is 326 g/mol. The van der Waals surface area contributed by atoms with Gasteiger partial charge in [0.15, 0.2) is 0 Å². The van der Waals surface area contributed by atoms with Gasteiger partial charge >= 0.3 is 0 Å². The minimum absolute atomic E-state index is 0.0149. The molecule has 0 spiro atoms. The largest absolute Gasteiger partial charge is 0.493 e. The molecule has 0 heterocycles. The Morgan fingerprint density at radius 1 is 1.21 bits per heavy atom. The van der Waals surface area contributed by atoms with E-state index in [4.69, 9.17) is 4.74 Å². The van der Waals surface area contributed by atoms with Crippen LogP contribution in [0.2, 0.25) is 0 Å². The number of fused-ring (bicyclic) bond motifs is 5. The molecule has 4 rings (SSSR count). The number of ketones is 1. The molecule has 0 saturated heterocycles. The van der Waals surface area contributed by atoms with Gasteiger partial charge in [-0.3, -0.25) is 4.79 Å². The first-order valence-electron chi connectivity index (χ1n) is 9.78. The third-order valence-corrected chi connectivity index (χ3v) is 6.99. The minimum Gasteiger partial charge on any atom is -0.493 e. The number of rotatable bonds is 3. The normalized spacial score (nSPS) is 34.7. The van der Waals surface area contributed by atoms with Crippen molar-refractivity contribution in [3.05, 3.63) is 29.3 Å². The zero-order valence-corrected chi connectivity index (χ0v) is 15.3. The maximum Gasteiger partial charge on any atom is 0.139 e. The van der Waals surface area contributed by atoms with Crippen LogP contribution in [0, 0.1) is 23.2 Å². The van der Waals surface area contributed by atoms with Gasteiger partial charge in [0.2, 0.25) is 0 Å². The number of aryl methyl sites for hydroxylation is 1. The fourth-order valence-corrected chi connectivity index (χ4v) is 5.68. The molecule has 0 amide bonds. The number of carbonyl (C=O) groups excluding carboxylic acids is 1. The van der Waals surface area contributed by atoms with Crippen molar-refractivity contribution in [2.45, 2.75) is 65.2 Å². The molecule has 2 nitrogen and oxygen atoms in total. The summed E-state index contributed by atoms with van der Waals surface area (Å²) in [5.41, 5.74) is 3.02. The molecule has 0 aliphatic heterocycles. The third-order valence-electron chi connectivity index (χ3n) is 6.99. The Bertz CT molecular complexity index is 647. The Morgan fingerprint density at radius 3 is 2.83 bits per heavy atom. The Hall–Kier alpha value is -1.31. The zero-order chi connectivity index (χ0) is 16.9. The Kier molecular flexibility index (Phi) is 3.97. The SMILES string of the molecule is CC(C)COc1ccc2c(c1)CC[C@@H]1[C@H]2CC[C@]2(C)C(=O)CC[C@@H]12. The van der Waals surface area contributed by atoms with Crippen molar-refractivity contribution >= 4 is 5.78 Å². The molecule has 4 atom stereocenters. The predicted octanol–water partition coefficient (Wildman–Crippen LogP) is 5.15. The summed E-state index contributed by atoms with van der Waals surface area (Å²) < 4.78 is 5.92. The van der Waals surface area contributed by atoms with E-state index < -0.39 is 0 Å². The standard InChI is InChI=1S/C22H30O2/c1-14(2)13-24-16-5-7-17-15(12-16)4-6-19-18(17)10-11-22(3)20(19)8-9-21(22)23/h5,7,12,14,18-20H,4,6,8-11,13H2,1-3H3/t18-,19+,20-,22-/m0/s1. The highest BCUT2D eigenvalue weighted by atomic mass is 16.5. The number of ether oxygens (including phenoxy) is 1. The molecule has 24 heavy (non-hydrogen) atoms. The molecular weight excluding hydrogens is 296 g/mol. The Labute approximate surface area is 146 Å². The average molecular weight is 326 g/mol. The number of carbonyl (C=O) groups is 1. The first-order valence-corrected chi connectivity index (χ1v) is 9.78. The third kappa shape index (κ3) is 2.50. The molecule has 3 aliphatic rings. The van der Waals surface area contributed by atoms with Crippen LogP contribution < -0.4 is 4.74 Å². The first kappa shape index (κ1) is 16.2. The lowest BCUT2D eigenvalue weighted by Crippen LogP contribution is -2.42. The fourth-order valence-electron chi connectivity index (χ4n) is 5.68. The summed E-state index contributed by atoms with van der Waals surface area (Å²) in [5.74, 6) is 4.11. The van der Waals surface area contributed by atoms with Gasteiger partial charge in [-0.05, 0) is 79.0 Å². The molecule has 0 N–H and O–H groups in total. The molecule has 0 bridgehead atoms. The van der Waals surface area contributed by atoms with Gasteiger partial charge in [0.1, 0.15) is 11.5 Å². The van der Waals surface area contributed by atoms with Crippen molar-refractivity contribution < 1.29 is 9.53 Å². The second-order valence-corrected chi connectivity index (χ2v) is 8.90. The number of benzene rings is 1. The lowest BCUT2D eigenvalue weighted by molar-refractivity contribution is -0.129. The van der Waals surface area contributed by atoms with Gasteiger partial charge in [-0.25, -0.2) is 0 Å². The molecule has 0 radical (unpaired) electrons. The highest BCUT2D eigenvalue weighted by Gasteiger charge is 2.54. The summed E-state index contributed by atoms with van der Waals surface area (Å²) in [5, 5.41) is 0. The van der Waals surface area contributed by atoms with Crippen LogP contribution in [0.25, 0.3) is 0 Å². The zero-order valence-electron chi connectivity index (χ0n) is 15.3. The summed E-state index contributed by atoms with van der Waals surface area (Å²) >= 11 is 0. The Morgan fingerprint density at radius 2 is 2.04 bits per heavy atom. The smallest absolute Gasteiger partial charge is 0.139 e. The number of hydrogen-bond donors (Lipinski definition) is 0. The summed E-state index contributed by atoms with van der Waals surface area (Å²) in [6.07, 6.45) is 6.61. The predicted molar refractivity (Wildman–Crippen MR) is 96.4 cm³/mol. The van der Waals surface area contributed by atoms with Gasteiger partial charge in [0.25, 0.3) is 0 Å². The van der Waals surface area contributed by atoms with Crippen LogP contribution in [0.3, 0.4) is 0 Å². The Balaban J connectivity index is 1.58. The summed E-state index contributed by atoms with van der Waals surface area (Å²) in [6, 6.07) is 6.76. The van der Waals surface area contributed by atoms with E-state index in [1.165, 1.54) is 18.4 Å². The van der Waals surface area contributed by atoms with E-state index in [1.54, 1.807) is 5.56 Å². The second kappa shape index (κ2) is 5.89. The van der Waals surface area contributed by atoms with E-state index in [2.05, 4.69) is 39.0 Å². The fraction of sp³-hybridized carbons (Fsp3) is 0.682. The van der Waals surface area contributed by atoms with Crippen LogP contribution in [-0.2, 0) is 11.2 Å². The van der Waals surface area contributed by atoms with Crippen molar-refractivity contribution in [1.29, 1.82) is 0 Å². The summed E-state index contributed by atoms with van der Waals surface area (Å²) in [4.78, 5) is 12.4. The molecule has 1 aromatic carbocycles. The molecule has 130 valence electrons. The van der Waals surface area contributed by atoms with Gasteiger partial charge < -0.3 is 4.74 Å². The lowest BCUT2D eigenvalue weighted by atomic mass is 9.55. The van der Waals surface area contributed by atoms with Crippen LogP contribution in [0.5, 0.6) is 5.75 Å². The van der Waals surface area contributed by atoms with E-state index in [-0.39, 0.29) is 5.41 Å². The molecular formula is C22H30O2. The highest BCUT2D eigenvalue weighted by molar-refractivity contribution is 5.87. The average Bonchev–Trinajstić information content (AvgIpc) is 2.88. The van der Waals surface area contributed by atoms with E-state index in [0.29, 0.717) is 29.5 Å². The molecule has 2 saturated carbocycles. The van der Waals surface area contributed by atoms with Crippen LogP contribution in [0.1, 0.15) is 69.9 Å². The van der Waals surface area contributed by atoms with Gasteiger partial charge in [-0.15, -0.1) is 0 Å². The molecule has 2 fully saturated rings. The number of hydrogen-bond acceptors (Lipinski definition) is 2. The van der Waals surface area contributed by atoms with E-state index in [0.717, 1.165) is 38.0 Å². The van der Waals surface area contributed by atoms with Gasteiger partial charge in [-0.1, -0.05) is 26.8 Å². The highest BCUT2D eigenvalue weighted by Crippen LogP contribution is 2.59. The van der Waals surface area contributed by atoms with Crippen molar-refractivity contribution in [3.63, 3.8) is 0 Å². The van der Waals surface area contributed by atoms with Crippen molar-refractivity contribution in [3.8, 4) is 5.75 Å². The van der Waals surface area contributed by atoms with Crippen molar-refractivity contribution in [1.82, 2.24) is 0 Å². The molecule has 0 aromatic heterocycles. The molecule has 2 heteroatoms. The second-order valence-electron chi connectivity index (χ2n) is 8.90. The van der Waals surface area contributed by atoms with Crippen molar-refractivity contribution in [2.75, 3.05) is 6.61 Å².